The third-order valence-electron chi connectivity index (χ3n) is 0.421. The Balaban J connectivity index is 2.59. The second kappa shape index (κ2) is 0.381. The maximum atomic E-state index is 4.90. The zero-order chi connectivity index (χ0) is 3.86. The van der Waals surface area contributed by atoms with Gasteiger partial charge in [-0.25, -0.2) is 0 Å². The molecule has 0 amide bonds. The van der Waals surface area contributed by atoms with Crippen molar-refractivity contribution in [2.24, 2.45) is 11.5 Å². The van der Waals surface area contributed by atoms with Crippen LogP contribution < -0.4 is 11.5 Å². The average Bonchev–Trinajstić information content (AvgIpc) is 1.79. The Morgan fingerprint density at radius 1 is 1.20 bits per heavy atom. The number of hydrogen-bond acceptors (Lipinski definition) is 3. The molecule has 0 aromatic heterocycles. The smallest absolute Gasteiger partial charge is 0.253 e. The highest BCUT2D eigenvalue weighted by Crippen LogP contribution is 2.10. The second-order valence-corrected chi connectivity index (χ2v) is 0.831. The first kappa shape index (κ1) is 2.38. The van der Waals surface area contributed by atoms with Gasteiger partial charge in [0.1, 0.15) is 0 Å². The predicted octanol–water partition coefficient (Wildman–Crippen LogP) is -0.939. The third-order valence-corrected chi connectivity index (χ3v) is 0.421. The van der Waals surface area contributed by atoms with Gasteiger partial charge < -0.3 is 16.2 Å². The Labute approximate surface area is 29.2 Å². The average molecular weight is 72.1 g/mol. The zero-order valence-corrected chi connectivity index (χ0v) is 2.56. The van der Waals surface area contributed by atoms with Crippen LogP contribution in [0.15, 0.2) is 11.8 Å². The molecule has 0 saturated carbocycles. The summed E-state index contributed by atoms with van der Waals surface area (Å²) in [6.45, 7) is 0. The van der Waals surface area contributed by atoms with Crippen LogP contribution in [0.3, 0.4) is 0 Å². The Bertz CT molecular complexity index is 75.6. The summed E-state index contributed by atoms with van der Waals surface area (Å²) in [5.74, 6) is 0.731. The van der Waals surface area contributed by atoms with Crippen LogP contribution >= 0.6 is 0 Å². The molecule has 1 aliphatic rings. The van der Waals surface area contributed by atoms with Gasteiger partial charge in [-0.05, 0) is 0 Å². The SMILES string of the molecule is NC1=C(N)O1. The van der Waals surface area contributed by atoms with Crippen LogP contribution in [0.2, 0.25) is 0 Å². The van der Waals surface area contributed by atoms with Gasteiger partial charge in [-0.3, -0.25) is 0 Å². The molecule has 0 atom stereocenters. The first-order chi connectivity index (χ1) is 2.30. The van der Waals surface area contributed by atoms with E-state index >= 15 is 0 Å². The van der Waals surface area contributed by atoms with Crippen molar-refractivity contribution < 1.29 is 4.74 Å². The van der Waals surface area contributed by atoms with Crippen LogP contribution in [0.5, 0.6) is 0 Å². The summed E-state index contributed by atoms with van der Waals surface area (Å²) in [6.07, 6.45) is 0. The molecule has 0 bridgehead atoms. The summed E-state index contributed by atoms with van der Waals surface area (Å²) < 4.78 is 4.31. The summed E-state index contributed by atoms with van der Waals surface area (Å²) in [6, 6.07) is 0. The van der Waals surface area contributed by atoms with Crippen molar-refractivity contribution in [3.63, 3.8) is 0 Å². The number of hydrogen-bond donors (Lipinski definition) is 2. The highest BCUT2D eigenvalue weighted by atomic mass is 16.6. The lowest BCUT2D eigenvalue weighted by Crippen LogP contribution is -1.81. The van der Waals surface area contributed by atoms with Gasteiger partial charge in [0.25, 0.3) is 11.8 Å². The molecule has 1 rings (SSSR count). The highest BCUT2D eigenvalue weighted by molar-refractivity contribution is 5.08. The van der Waals surface area contributed by atoms with Gasteiger partial charge in [-0.2, -0.15) is 0 Å². The van der Waals surface area contributed by atoms with Crippen LogP contribution in [0, 0.1) is 0 Å². The van der Waals surface area contributed by atoms with E-state index < -0.39 is 0 Å². The second-order valence-electron chi connectivity index (χ2n) is 0.831. The van der Waals surface area contributed by atoms with E-state index in [2.05, 4.69) is 4.74 Å². The Kier molecular flexibility index (Phi) is 0.182. The maximum absolute atomic E-state index is 4.90. The number of ether oxygens (including phenoxy) is 1. The van der Waals surface area contributed by atoms with Crippen LogP contribution in [-0.2, 0) is 4.74 Å². The summed E-state index contributed by atoms with van der Waals surface area (Å²) in [5.41, 5.74) is 9.80. The molecule has 0 aromatic rings. The van der Waals surface area contributed by atoms with Gasteiger partial charge in [-0.1, -0.05) is 0 Å². The minimum absolute atomic E-state index is 0.366. The molecule has 1 heterocycles. The molecule has 0 aliphatic carbocycles. The minimum Gasteiger partial charge on any atom is -0.415 e. The molecular weight excluding hydrogens is 68.0 g/mol. The van der Waals surface area contributed by atoms with Crippen molar-refractivity contribution in [3.05, 3.63) is 11.8 Å². The molecule has 3 nitrogen and oxygen atoms in total. The van der Waals surface area contributed by atoms with E-state index in [-0.39, 0.29) is 0 Å². The largest absolute Gasteiger partial charge is 0.415 e. The first-order valence-electron chi connectivity index (χ1n) is 1.24. The van der Waals surface area contributed by atoms with E-state index in [4.69, 9.17) is 11.5 Å². The van der Waals surface area contributed by atoms with Crippen LogP contribution in [-0.4, -0.2) is 0 Å². The van der Waals surface area contributed by atoms with E-state index in [1.165, 1.54) is 0 Å². The van der Waals surface area contributed by atoms with Crippen molar-refractivity contribution in [3.8, 4) is 0 Å². The highest BCUT2D eigenvalue weighted by Gasteiger charge is 2.14. The normalized spacial score (nSPS) is 18.4. The standard InChI is InChI=1S/C2H4N2O/c3-1-2(4)5-1/h3-4H2. The van der Waals surface area contributed by atoms with E-state index in [9.17, 15) is 0 Å². The molecule has 28 valence electrons. The lowest BCUT2D eigenvalue weighted by atomic mass is 11.0. The number of rotatable bonds is 0. The molecular formula is C2H4N2O. The molecule has 0 radical (unpaired) electrons. The molecule has 3 heteroatoms. The van der Waals surface area contributed by atoms with E-state index in [0.717, 1.165) is 0 Å². The summed E-state index contributed by atoms with van der Waals surface area (Å²) in [7, 11) is 0. The van der Waals surface area contributed by atoms with E-state index in [0.29, 0.717) is 11.8 Å². The Hall–Kier alpha value is -0.860. The van der Waals surface area contributed by atoms with Crippen molar-refractivity contribution in [2.45, 2.75) is 0 Å². The fourth-order valence-corrected chi connectivity index (χ4v) is 0.0929. The third kappa shape index (κ3) is 0.154. The first-order valence-corrected chi connectivity index (χ1v) is 1.24. The molecule has 0 fully saturated rings. The van der Waals surface area contributed by atoms with Crippen molar-refractivity contribution >= 4 is 0 Å². The van der Waals surface area contributed by atoms with Crippen LogP contribution in [0.4, 0.5) is 0 Å². The summed E-state index contributed by atoms with van der Waals surface area (Å²) >= 11 is 0. The van der Waals surface area contributed by atoms with Crippen molar-refractivity contribution in [2.75, 3.05) is 0 Å². The van der Waals surface area contributed by atoms with Crippen LogP contribution in [0.25, 0.3) is 0 Å². The van der Waals surface area contributed by atoms with Crippen molar-refractivity contribution in [1.82, 2.24) is 0 Å². The summed E-state index contributed by atoms with van der Waals surface area (Å²) in [5, 5.41) is 0. The lowest BCUT2D eigenvalue weighted by Gasteiger charge is -1.58. The molecule has 4 N–H and O–H groups in total. The topological polar surface area (TPSA) is 64.6 Å². The minimum atomic E-state index is 0.366. The molecule has 5 heavy (non-hydrogen) atoms. The van der Waals surface area contributed by atoms with Crippen LogP contribution in [0.1, 0.15) is 0 Å². The van der Waals surface area contributed by atoms with Gasteiger partial charge in [0, 0.05) is 0 Å². The van der Waals surface area contributed by atoms with Gasteiger partial charge >= 0.3 is 0 Å². The molecule has 0 spiro atoms. The zero-order valence-electron chi connectivity index (χ0n) is 2.56. The maximum Gasteiger partial charge on any atom is 0.253 e. The number of nitrogens with two attached hydrogens (primary N) is 2. The Morgan fingerprint density at radius 2 is 1.40 bits per heavy atom. The Morgan fingerprint density at radius 3 is 1.40 bits per heavy atom. The summed E-state index contributed by atoms with van der Waals surface area (Å²) in [4.78, 5) is 0. The molecule has 0 saturated heterocycles. The van der Waals surface area contributed by atoms with E-state index in [1.54, 1.807) is 0 Å². The predicted molar refractivity (Wildman–Crippen MR) is 16.5 cm³/mol. The van der Waals surface area contributed by atoms with Gasteiger partial charge in [0.15, 0.2) is 0 Å². The fraction of sp³-hybridized carbons (Fsp3) is 0. The monoisotopic (exact) mass is 72.0 g/mol. The van der Waals surface area contributed by atoms with Crippen molar-refractivity contribution in [1.29, 1.82) is 0 Å². The van der Waals surface area contributed by atoms with Gasteiger partial charge in [-0.15, -0.1) is 0 Å². The molecule has 0 unspecified atom stereocenters. The fourth-order valence-electron chi connectivity index (χ4n) is 0.0929. The van der Waals surface area contributed by atoms with E-state index in [1.807, 2.05) is 0 Å². The van der Waals surface area contributed by atoms with Gasteiger partial charge in [0.2, 0.25) is 0 Å². The van der Waals surface area contributed by atoms with Gasteiger partial charge in [0.05, 0.1) is 0 Å². The molecule has 1 aliphatic heterocycles. The quantitative estimate of drug-likeness (QED) is 0.388. The molecule has 0 aromatic carbocycles. The lowest BCUT2D eigenvalue weighted by molar-refractivity contribution is 0.461.